The van der Waals surface area contributed by atoms with Crippen LogP contribution in [0.5, 0.6) is 0 Å². The minimum Gasteiger partial charge on any atom is -0.348 e. The Morgan fingerprint density at radius 2 is 1.58 bits per heavy atom. The van der Waals surface area contributed by atoms with Crippen LogP contribution in [0.1, 0.15) is 12.5 Å². The second-order valence-electron chi connectivity index (χ2n) is 8.92. The van der Waals surface area contributed by atoms with Gasteiger partial charge in [-0.05, 0) is 55.5 Å². The van der Waals surface area contributed by atoms with Crippen molar-refractivity contribution in [2.45, 2.75) is 19.1 Å². The van der Waals surface area contributed by atoms with Crippen molar-refractivity contribution in [1.82, 2.24) is 15.1 Å². The molecule has 11 heteroatoms. The molecule has 1 aliphatic heterocycles. The minimum atomic E-state index is -4.43. The fourth-order valence-electron chi connectivity index (χ4n) is 4.52. The van der Waals surface area contributed by atoms with E-state index in [4.69, 9.17) is 0 Å². The number of fused-ring (bicyclic) bond motifs is 1. The van der Waals surface area contributed by atoms with Crippen LogP contribution in [0.3, 0.4) is 0 Å². The molecule has 2 amide bonds. The standard InChI is InChI=1S/C27H23F4N5O.ClH/c1-17-16-35(26(37)32-21-12-8-19(9-13-21)27(29,30)31)14-15-36(17)25-23-5-3-2-4-22(23)24(33-34-25)18-6-10-20(28)11-7-18;/h2-13,17H,14-16H2,1H3,(H,32,37);1H. The number of amides is 2. The van der Waals surface area contributed by atoms with Crippen molar-refractivity contribution in [2.75, 3.05) is 29.9 Å². The highest BCUT2D eigenvalue weighted by molar-refractivity contribution is 6.00. The van der Waals surface area contributed by atoms with E-state index >= 15 is 0 Å². The number of nitrogens with one attached hydrogen (secondary N) is 1. The van der Waals surface area contributed by atoms with Crippen molar-refractivity contribution in [1.29, 1.82) is 0 Å². The molecule has 1 N–H and O–H groups in total. The lowest BCUT2D eigenvalue weighted by atomic mass is 10.0. The number of alkyl halides is 3. The Balaban J connectivity index is 0.00000336. The smallest absolute Gasteiger partial charge is 0.348 e. The molecule has 0 bridgehead atoms. The van der Waals surface area contributed by atoms with Crippen molar-refractivity contribution < 1.29 is 22.4 Å². The Bertz CT molecular complexity index is 1430. The zero-order valence-electron chi connectivity index (χ0n) is 20.2. The molecule has 1 saturated heterocycles. The molecule has 198 valence electrons. The molecule has 1 unspecified atom stereocenters. The van der Waals surface area contributed by atoms with Crippen molar-refractivity contribution in [3.63, 3.8) is 0 Å². The van der Waals surface area contributed by atoms with Crippen LogP contribution in [0, 0.1) is 5.82 Å². The van der Waals surface area contributed by atoms with Gasteiger partial charge in [-0.25, -0.2) is 9.18 Å². The van der Waals surface area contributed by atoms with Gasteiger partial charge in [-0.1, -0.05) is 24.3 Å². The number of urea groups is 1. The zero-order valence-corrected chi connectivity index (χ0v) is 21.1. The Hall–Kier alpha value is -3.92. The van der Waals surface area contributed by atoms with E-state index in [0.717, 1.165) is 28.5 Å². The lowest BCUT2D eigenvalue weighted by Gasteiger charge is -2.40. The second-order valence-corrected chi connectivity index (χ2v) is 8.92. The summed E-state index contributed by atoms with van der Waals surface area (Å²) in [4.78, 5) is 16.5. The number of carbonyl (C=O) groups excluding carboxylic acids is 1. The number of carbonyl (C=O) groups is 1. The number of hydrogen-bond acceptors (Lipinski definition) is 4. The molecule has 0 aliphatic carbocycles. The molecule has 1 aromatic heterocycles. The molecule has 0 radical (unpaired) electrons. The molecule has 0 spiro atoms. The van der Waals surface area contributed by atoms with E-state index in [-0.39, 0.29) is 30.3 Å². The normalized spacial score (nSPS) is 15.8. The number of aromatic nitrogens is 2. The maximum Gasteiger partial charge on any atom is 0.416 e. The molecular formula is C27H24ClF4N5O. The monoisotopic (exact) mass is 545 g/mol. The average Bonchev–Trinajstić information content (AvgIpc) is 2.88. The highest BCUT2D eigenvalue weighted by Crippen LogP contribution is 2.33. The summed E-state index contributed by atoms with van der Waals surface area (Å²) in [6.45, 7) is 3.26. The maximum atomic E-state index is 13.4. The number of anilines is 2. The molecule has 1 atom stereocenters. The van der Waals surface area contributed by atoms with E-state index in [1.54, 1.807) is 17.0 Å². The Morgan fingerprint density at radius 1 is 0.921 bits per heavy atom. The largest absolute Gasteiger partial charge is 0.416 e. The van der Waals surface area contributed by atoms with Gasteiger partial charge in [0.1, 0.15) is 11.5 Å². The first-order chi connectivity index (χ1) is 17.7. The van der Waals surface area contributed by atoms with Crippen LogP contribution >= 0.6 is 12.4 Å². The number of rotatable bonds is 3. The van der Waals surface area contributed by atoms with Crippen LogP contribution in [0.25, 0.3) is 22.0 Å². The summed E-state index contributed by atoms with van der Waals surface area (Å²) in [5, 5.41) is 13.4. The third-order valence-corrected chi connectivity index (χ3v) is 6.44. The predicted octanol–water partition coefficient (Wildman–Crippen LogP) is 6.62. The fraction of sp³-hybridized carbons (Fsp3) is 0.222. The average molecular weight is 546 g/mol. The highest BCUT2D eigenvalue weighted by atomic mass is 35.5. The van der Waals surface area contributed by atoms with Gasteiger partial charge in [0.25, 0.3) is 0 Å². The van der Waals surface area contributed by atoms with E-state index < -0.39 is 11.7 Å². The van der Waals surface area contributed by atoms with Crippen molar-refractivity contribution >= 4 is 40.7 Å². The highest BCUT2D eigenvalue weighted by Gasteiger charge is 2.31. The molecule has 4 aromatic rings. The maximum absolute atomic E-state index is 13.4. The fourth-order valence-corrected chi connectivity index (χ4v) is 4.52. The van der Waals surface area contributed by atoms with Gasteiger partial charge in [0.15, 0.2) is 5.82 Å². The van der Waals surface area contributed by atoms with Gasteiger partial charge in [-0.2, -0.15) is 13.2 Å². The van der Waals surface area contributed by atoms with Gasteiger partial charge in [-0.15, -0.1) is 22.6 Å². The van der Waals surface area contributed by atoms with Crippen LogP contribution < -0.4 is 10.2 Å². The predicted molar refractivity (Wildman–Crippen MR) is 141 cm³/mol. The summed E-state index contributed by atoms with van der Waals surface area (Å²) in [6, 6.07) is 17.7. The van der Waals surface area contributed by atoms with Crippen molar-refractivity contribution in [3.05, 3.63) is 84.2 Å². The molecule has 1 fully saturated rings. The van der Waals surface area contributed by atoms with Gasteiger partial charge in [0, 0.05) is 47.7 Å². The molecule has 0 saturated carbocycles. The van der Waals surface area contributed by atoms with E-state index in [0.29, 0.717) is 36.8 Å². The summed E-state index contributed by atoms with van der Waals surface area (Å²) in [5.74, 6) is 0.364. The first-order valence-electron chi connectivity index (χ1n) is 11.7. The van der Waals surface area contributed by atoms with Crippen LogP contribution in [-0.4, -0.2) is 46.8 Å². The summed E-state index contributed by atoms with van der Waals surface area (Å²) in [7, 11) is 0. The van der Waals surface area contributed by atoms with E-state index in [1.807, 2.05) is 31.2 Å². The summed E-state index contributed by atoms with van der Waals surface area (Å²) < 4.78 is 51.8. The van der Waals surface area contributed by atoms with Crippen molar-refractivity contribution in [2.24, 2.45) is 0 Å². The van der Waals surface area contributed by atoms with Crippen LogP contribution in [0.4, 0.5) is 33.9 Å². The number of piperazine rings is 1. The summed E-state index contributed by atoms with van der Waals surface area (Å²) in [5.41, 5.74) is 0.934. The number of benzene rings is 3. The Labute approximate surface area is 222 Å². The number of halogens is 5. The molecule has 38 heavy (non-hydrogen) atoms. The Kier molecular flexibility index (Phi) is 7.73. The molecule has 6 nitrogen and oxygen atoms in total. The first-order valence-corrected chi connectivity index (χ1v) is 11.7. The third-order valence-electron chi connectivity index (χ3n) is 6.44. The van der Waals surface area contributed by atoms with Gasteiger partial charge in [-0.3, -0.25) is 0 Å². The van der Waals surface area contributed by atoms with Gasteiger partial charge >= 0.3 is 12.2 Å². The molecule has 3 aromatic carbocycles. The van der Waals surface area contributed by atoms with Crippen LogP contribution in [0.15, 0.2) is 72.8 Å². The topological polar surface area (TPSA) is 61.4 Å². The quantitative estimate of drug-likeness (QED) is 0.294. The summed E-state index contributed by atoms with van der Waals surface area (Å²) in [6.07, 6.45) is -4.43. The number of hydrogen-bond donors (Lipinski definition) is 1. The molecule has 2 heterocycles. The first kappa shape index (κ1) is 27.1. The van der Waals surface area contributed by atoms with E-state index in [1.165, 1.54) is 24.3 Å². The SMILES string of the molecule is CC1CN(C(=O)Nc2ccc(C(F)(F)F)cc2)CCN1c1nnc(-c2ccc(F)cc2)c2ccccc12.Cl. The minimum absolute atomic E-state index is 0. The van der Waals surface area contributed by atoms with Gasteiger partial charge in [0.2, 0.25) is 0 Å². The van der Waals surface area contributed by atoms with E-state index in [9.17, 15) is 22.4 Å². The lowest BCUT2D eigenvalue weighted by Crippen LogP contribution is -2.55. The van der Waals surface area contributed by atoms with Gasteiger partial charge < -0.3 is 15.1 Å². The van der Waals surface area contributed by atoms with Crippen LogP contribution in [-0.2, 0) is 6.18 Å². The van der Waals surface area contributed by atoms with Crippen molar-refractivity contribution in [3.8, 4) is 11.3 Å². The third kappa shape index (κ3) is 5.50. The number of nitrogens with zero attached hydrogens (tertiary/aromatic N) is 4. The lowest BCUT2D eigenvalue weighted by molar-refractivity contribution is -0.137. The van der Waals surface area contributed by atoms with E-state index in [2.05, 4.69) is 20.4 Å². The van der Waals surface area contributed by atoms with Crippen LogP contribution in [0.2, 0.25) is 0 Å². The molecule has 5 rings (SSSR count). The van der Waals surface area contributed by atoms with Gasteiger partial charge in [0.05, 0.1) is 5.56 Å². The second kappa shape index (κ2) is 10.8. The zero-order chi connectivity index (χ0) is 26.2. The molecular weight excluding hydrogens is 522 g/mol. The summed E-state index contributed by atoms with van der Waals surface area (Å²) >= 11 is 0. The molecule has 1 aliphatic rings. The Morgan fingerprint density at radius 3 is 2.21 bits per heavy atom.